The maximum atomic E-state index is 10.00. The SMILES string of the molecule is COc1ccc2[nH]c(O)c(C=NCc3cccnc3)c2c1. The standard InChI is InChI=1S/C16H15N3O2/c1-21-12-4-5-15-13(7-12)14(16(20)19-15)10-18-9-11-3-2-6-17-8-11/h2-8,10,19-20H,9H2,1H3. The molecule has 0 aliphatic rings. The van der Waals surface area contributed by atoms with Crippen molar-refractivity contribution in [1.82, 2.24) is 9.97 Å². The predicted octanol–water partition coefficient (Wildman–Crippen LogP) is 2.90. The molecule has 21 heavy (non-hydrogen) atoms. The van der Waals surface area contributed by atoms with E-state index in [2.05, 4.69) is 15.0 Å². The number of aromatic amines is 1. The third-order valence-corrected chi connectivity index (χ3v) is 3.24. The van der Waals surface area contributed by atoms with E-state index in [4.69, 9.17) is 4.74 Å². The molecule has 2 heterocycles. The average molecular weight is 281 g/mol. The molecule has 2 N–H and O–H groups in total. The lowest BCUT2D eigenvalue weighted by Gasteiger charge is -1.99. The summed E-state index contributed by atoms with van der Waals surface area (Å²) in [6, 6.07) is 9.42. The molecular weight excluding hydrogens is 266 g/mol. The van der Waals surface area contributed by atoms with Crippen LogP contribution in [0.4, 0.5) is 0 Å². The summed E-state index contributed by atoms with van der Waals surface area (Å²) in [5, 5.41) is 10.9. The summed E-state index contributed by atoms with van der Waals surface area (Å²) in [6.07, 6.45) is 5.17. The normalized spacial score (nSPS) is 11.3. The first-order valence-corrected chi connectivity index (χ1v) is 6.55. The number of hydrogen-bond donors (Lipinski definition) is 2. The Bertz CT molecular complexity index is 779. The number of fused-ring (bicyclic) bond motifs is 1. The average Bonchev–Trinajstić information content (AvgIpc) is 2.83. The highest BCUT2D eigenvalue weighted by molar-refractivity contribution is 6.02. The summed E-state index contributed by atoms with van der Waals surface area (Å²) in [5.41, 5.74) is 2.52. The predicted molar refractivity (Wildman–Crippen MR) is 82.1 cm³/mol. The number of ether oxygens (including phenoxy) is 1. The summed E-state index contributed by atoms with van der Waals surface area (Å²) in [4.78, 5) is 11.3. The van der Waals surface area contributed by atoms with Crippen molar-refractivity contribution in [3.05, 3.63) is 53.9 Å². The van der Waals surface area contributed by atoms with Crippen molar-refractivity contribution in [1.29, 1.82) is 0 Å². The Hall–Kier alpha value is -2.82. The zero-order valence-corrected chi connectivity index (χ0v) is 11.6. The number of hydrogen-bond acceptors (Lipinski definition) is 4. The molecule has 0 aliphatic heterocycles. The minimum atomic E-state index is 0.105. The third kappa shape index (κ3) is 2.72. The molecule has 0 atom stereocenters. The minimum absolute atomic E-state index is 0.105. The first kappa shape index (κ1) is 13.2. The van der Waals surface area contributed by atoms with Gasteiger partial charge in [-0.05, 0) is 29.8 Å². The van der Waals surface area contributed by atoms with Crippen LogP contribution in [0.3, 0.4) is 0 Å². The molecule has 106 valence electrons. The Morgan fingerprint density at radius 3 is 3.05 bits per heavy atom. The van der Waals surface area contributed by atoms with Gasteiger partial charge in [0, 0.05) is 29.5 Å². The van der Waals surface area contributed by atoms with Crippen molar-refractivity contribution < 1.29 is 9.84 Å². The van der Waals surface area contributed by atoms with Crippen LogP contribution in [0.2, 0.25) is 0 Å². The number of aromatic hydroxyl groups is 1. The number of pyridine rings is 1. The van der Waals surface area contributed by atoms with Gasteiger partial charge in [0.05, 0.1) is 19.2 Å². The maximum Gasteiger partial charge on any atom is 0.198 e. The van der Waals surface area contributed by atoms with E-state index >= 15 is 0 Å². The van der Waals surface area contributed by atoms with Crippen LogP contribution in [0.1, 0.15) is 11.1 Å². The van der Waals surface area contributed by atoms with Crippen LogP contribution in [0.5, 0.6) is 11.6 Å². The fourth-order valence-corrected chi connectivity index (χ4v) is 2.17. The van der Waals surface area contributed by atoms with Gasteiger partial charge in [-0.3, -0.25) is 9.98 Å². The first-order valence-electron chi connectivity index (χ1n) is 6.55. The number of aromatic nitrogens is 2. The van der Waals surface area contributed by atoms with Gasteiger partial charge in [-0.25, -0.2) is 0 Å². The van der Waals surface area contributed by atoms with Crippen LogP contribution in [-0.2, 0) is 6.54 Å². The van der Waals surface area contributed by atoms with Gasteiger partial charge >= 0.3 is 0 Å². The van der Waals surface area contributed by atoms with Crippen molar-refractivity contribution in [3.63, 3.8) is 0 Å². The minimum Gasteiger partial charge on any atom is -0.497 e. The van der Waals surface area contributed by atoms with Gasteiger partial charge in [-0.2, -0.15) is 0 Å². The number of nitrogens with zero attached hydrogens (tertiary/aromatic N) is 2. The van der Waals surface area contributed by atoms with Gasteiger partial charge < -0.3 is 14.8 Å². The Morgan fingerprint density at radius 1 is 1.38 bits per heavy atom. The number of rotatable bonds is 4. The van der Waals surface area contributed by atoms with E-state index in [0.717, 1.165) is 22.2 Å². The van der Waals surface area contributed by atoms with Crippen molar-refractivity contribution >= 4 is 17.1 Å². The van der Waals surface area contributed by atoms with E-state index in [1.807, 2.05) is 30.3 Å². The summed E-state index contributed by atoms with van der Waals surface area (Å²) in [6.45, 7) is 0.518. The number of aliphatic imine (C=N–C) groups is 1. The summed E-state index contributed by atoms with van der Waals surface area (Å²) >= 11 is 0. The highest BCUT2D eigenvalue weighted by atomic mass is 16.5. The summed E-state index contributed by atoms with van der Waals surface area (Å²) in [5.74, 6) is 0.844. The highest BCUT2D eigenvalue weighted by Crippen LogP contribution is 2.28. The molecule has 0 spiro atoms. The molecule has 5 heteroatoms. The van der Waals surface area contributed by atoms with Crippen LogP contribution in [0.25, 0.3) is 10.9 Å². The number of H-pyrrole nitrogens is 1. The van der Waals surface area contributed by atoms with E-state index in [1.54, 1.807) is 25.7 Å². The largest absolute Gasteiger partial charge is 0.497 e. The molecule has 0 saturated heterocycles. The molecule has 5 nitrogen and oxygen atoms in total. The molecular formula is C16H15N3O2. The number of nitrogens with one attached hydrogen (secondary N) is 1. The van der Waals surface area contributed by atoms with Crippen LogP contribution < -0.4 is 4.74 Å². The fourth-order valence-electron chi connectivity index (χ4n) is 2.17. The molecule has 0 amide bonds. The monoisotopic (exact) mass is 281 g/mol. The quantitative estimate of drug-likeness (QED) is 0.722. The molecule has 0 radical (unpaired) electrons. The van der Waals surface area contributed by atoms with Crippen molar-refractivity contribution in [2.24, 2.45) is 4.99 Å². The van der Waals surface area contributed by atoms with Gasteiger partial charge in [0.25, 0.3) is 0 Å². The van der Waals surface area contributed by atoms with Crippen LogP contribution >= 0.6 is 0 Å². The van der Waals surface area contributed by atoms with Gasteiger partial charge in [0.1, 0.15) is 5.75 Å². The lowest BCUT2D eigenvalue weighted by Crippen LogP contribution is -1.86. The second kappa shape index (κ2) is 5.66. The van der Waals surface area contributed by atoms with Gasteiger partial charge in [-0.1, -0.05) is 6.07 Å². The molecule has 0 unspecified atom stereocenters. The zero-order chi connectivity index (χ0) is 14.7. The smallest absolute Gasteiger partial charge is 0.198 e. The van der Waals surface area contributed by atoms with Crippen LogP contribution in [0.15, 0.2) is 47.7 Å². The Balaban J connectivity index is 1.90. The fraction of sp³-hybridized carbons (Fsp3) is 0.125. The van der Waals surface area contributed by atoms with Crippen LogP contribution in [0, 0.1) is 0 Å². The summed E-state index contributed by atoms with van der Waals surface area (Å²) < 4.78 is 5.21. The lowest BCUT2D eigenvalue weighted by atomic mass is 10.1. The van der Waals surface area contributed by atoms with Crippen molar-refractivity contribution in [3.8, 4) is 11.6 Å². The molecule has 0 saturated carbocycles. The zero-order valence-electron chi connectivity index (χ0n) is 11.6. The van der Waals surface area contributed by atoms with Gasteiger partial charge in [0.2, 0.25) is 0 Å². The number of benzene rings is 1. The van der Waals surface area contributed by atoms with Gasteiger partial charge in [0.15, 0.2) is 5.88 Å². The molecule has 1 aromatic carbocycles. The maximum absolute atomic E-state index is 10.00. The molecule has 0 aliphatic carbocycles. The van der Waals surface area contributed by atoms with Gasteiger partial charge in [-0.15, -0.1) is 0 Å². The molecule has 3 rings (SSSR count). The lowest BCUT2D eigenvalue weighted by molar-refractivity contribution is 0.415. The molecule has 2 aromatic heterocycles. The van der Waals surface area contributed by atoms with E-state index < -0.39 is 0 Å². The highest BCUT2D eigenvalue weighted by Gasteiger charge is 2.09. The number of methoxy groups -OCH3 is 1. The topological polar surface area (TPSA) is 70.5 Å². The second-order valence-corrected chi connectivity index (χ2v) is 4.63. The first-order chi connectivity index (χ1) is 10.3. The Kier molecular flexibility index (Phi) is 3.55. The Labute approximate surface area is 121 Å². The van der Waals surface area contributed by atoms with E-state index in [1.165, 1.54) is 0 Å². The Morgan fingerprint density at radius 2 is 2.29 bits per heavy atom. The second-order valence-electron chi connectivity index (χ2n) is 4.63. The molecule has 0 bridgehead atoms. The third-order valence-electron chi connectivity index (χ3n) is 3.24. The van der Waals surface area contributed by atoms with E-state index in [-0.39, 0.29) is 5.88 Å². The van der Waals surface area contributed by atoms with Crippen molar-refractivity contribution in [2.45, 2.75) is 6.54 Å². The molecule has 0 fully saturated rings. The van der Waals surface area contributed by atoms with E-state index in [9.17, 15) is 5.11 Å². The van der Waals surface area contributed by atoms with E-state index in [0.29, 0.717) is 12.1 Å². The van der Waals surface area contributed by atoms with Crippen LogP contribution in [-0.4, -0.2) is 28.4 Å². The molecule has 3 aromatic rings. The van der Waals surface area contributed by atoms with Crippen molar-refractivity contribution in [2.75, 3.05) is 7.11 Å². The summed E-state index contributed by atoms with van der Waals surface area (Å²) in [7, 11) is 1.61.